The number of hydrogen-bond donors (Lipinski definition) is 1. The standard InChI is InChI=1S/C18H30N2O2S/c1-15(2)14-23(21,22)20-11-9-18(10-12-20)19-13-16(3)17-7-5-4-6-8-17/h4-8,15-16,18-19H,9-14H2,1-3H3. The van der Waals surface area contributed by atoms with E-state index >= 15 is 0 Å². The molecule has 0 aliphatic carbocycles. The van der Waals surface area contributed by atoms with E-state index in [9.17, 15) is 8.42 Å². The van der Waals surface area contributed by atoms with E-state index in [1.807, 2.05) is 19.9 Å². The molecular weight excluding hydrogens is 308 g/mol. The molecule has 5 heteroatoms. The molecule has 1 heterocycles. The third-order valence-electron chi connectivity index (χ3n) is 4.47. The van der Waals surface area contributed by atoms with Crippen molar-refractivity contribution in [2.45, 2.75) is 45.6 Å². The summed E-state index contributed by atoms with van der Waals surface area (Å²) in [5, 5.41) is 3.61. The fraction of sp³-hybridized carbons (Fsp3) is 0.667. The first kappa shape index (κ1) is 18.4. The molecule has 1 N–H and O–H groups in total. The predicted molar refractivity (Wildman–Crippen MR) is 96.1 cm³/mol. The van der Waals surface area contributed by atoms with Gasteiger partial charge in [0.2, 0.25) is 10.0 Å². The van der Waals surface area contributed by atoms with E-state index < -0.39 is 10.0 Å². The monoisotopic (exact) mass is 338 g/mol. The van der Waals surface area contributed by atoms with Crippen LogP contribution < -0.4 is 5.32 Å². The largest absolute Gasteiger partial charge is 0.313 e. The Morgan fingerprint density at radius 3 is 2.30 bits per heavy atom. The second-order valence-corrected chi connectivity index (χ2v) is 9.08. The van der Waals surface area contributed by atoms with Crippen molar-refractivity contribution in [2.24, 2.45) is 5.92 Å². The van der Waals surface area contributed by atoms with Crippen LogP contribution >= 0.6 is 0 Å². The molecule has 0 aromatic heterocycles. The maximum absolute atomic E-state index is 12.3. The quantitative estimate of drug-likeness (QED) is 0.832. The van der Waals surface area contributed by atoms with Crippen LogP contribution in [0.3, 0.4) is 0 Å². The zero-order chi connectivity index (χ0) is 16.9. The van der Waals surface area contributed by atoms with E-state index in [4.69, 9.17) is 0 Å². The molecule has 0 amide bonds. The zero-order valence-corrected chi connectivity index (χ0v) is 15.3. The molecule has 1 aromatic carbocycles. The van der Waals surface area contributed by atoms with Crippen molar-refractivity contribution in [3.63, 3.8) is 0 Å². The maximum Gasteiger partial charge on any atom is 0.214 e. The Labute approximate surface area is 141 Å². The first-order valence-corrected chi connectivity index (χ1v) is 10.3. The van der Waals surface area contributed by atoms with Crippen LogP contribution in [0.4, 0.5) is 0 Å². The summed E-state index contributed by atoms with van der Waals surface area (Å²) < 4.78 is 26.2. The molecule has 130 valence electrons. The minimum atomic E-state index is -3.07. The van der Waals surface area contributed by atoms with Gasteiger partial charge in [-0.2, -0.15) is 0 Å². The van der Waals surface area contributed by atoms with Gasteiger partial charge in [-0.05, 0) is 30.2 Å². The maximum atomic E-state index is 12.3. The summed E-state index contributed by atoms with van der Waals surface area (Å²) in [6.45, 7) is 8.37. The Morgan fingerprint density at radius 2 is 1.74 bits per heavy atom. The number of benzene rings is 1. The summed E-state index contributed by atoms with van der Waals surface area (Å²) >= 11 is 0. The fourth-order valence-electron chi connectivity index (χ4n) is 3.11. The summed E-state index contributed by atoms with van der Waals surface area (Å²) in [6, 6.07) is 10.9. The highest BCUT2D eigenvalue weighted by Gasteiger charge is 2.28. The van der Waals surface area contributed by atoms with Gasteiger partial charge in [-0.3, -0.25) is 0 Å². The molecule has 0 spiro atoms. The van der Waals surface area contributed by atoms with Gasteiger partial charge in [0.15, 0.2) is 0 Å². The van der Waals surface area contributed by atoms with E-state index in [0.29, 0.717) is 25.0 Å². The van der Waals surface area contributed by atoms with Gasteiger partial charge in [-0.1, -0.05) is 51.1 Å². The van der Waals surface area contributed by atoms with E-state index in [0.717, 1.165) is 19.4 Å². The third-order valence-corrected chi connectivity index (χ3v) is 6.71. The molecule has 23 heavy (non-hydrogen) atoms. The van der Waals surface area contributed by atoms with Gasteiger partial charge < -0.3 is 5.32 Å². The Kier molecular flexibility index (Phi) is 6.62. The molecule has 0 radical (unpaired) electrons. The number of piperidine rings is 1. The topological polar surface area (TPSA) is 49.4 Å². The highest BCUT2D eigenvalue weighted by Crippen LogP contribution is 2.18. The summed E-state index contributed by atoms with van der Waals surface area (Å²) in [5.74, 6) is 0.914. The second kappa shape index (κ2) is 8.27. The SMILES string of the molecule is CC(C)CS(=O)(=O)N1CCC(NCC(C)c2ccccc2)CC1. The third kappa shape index (κ3) is 5.59. The van der Waals surface area contributed by atoms with Crippen LogP contribution in [-0.4, -0.2) is 44.2 Å². The zero-order valence-electron chi connectivity index (χ0n) is 14.5. The Hall–Kier alpha value is -0.910. The van der Waals surface area contributed by atoms with Crippen molar-refractivity contribution in [1.29, 1.82) is 0 Å². The van der Waals surface area contributed by atoms with Gasteiger partial charge in [-0.15, -0.1) is 0 Å². The van der Waals surface area contributed by atoms with Gasteiger partial charge in [0.05, 0.1) is 5.75 Å². The number of sulfonamides is 1. The van der Waals surface area contributed by atoms with E-state index in [1.54, 1.807) is 4.31 Å². The van der Waals surface area contributed by atoms with Crippen LogP contribution in [0.25, 0.3) is 0 Å². The first-order chi connectivity index (χ1) is 10.9. The molecule has 2 rings (SSSR count). The lowest BCUT2D eigenvalue weighted by Crippen LogP contribution is -2.46. The molecule has 1 unspecified atom stereocenters. The molecule has 1 aliphatic rings. The Bertz CT molecular complexity index is 564. The van der Waals surface area contributed by atoms with Gasteiger partial charge >= 0.3 is 0 Å². The first-order valence-electron chi connectivity index (χ1n) is 8.64. The summed E-state index contributed by atoms with van der Waals surface area (Å²) in [7, 11) is -3.07. The van der Waals surface area contributed by atoms with Gasteiger partial charge in [0, 0.05) is 25.7 Å². The summed E-state index contributed by atoms with van der Waals surface area (Å²) in [6.07, 6.45) is 1.80. The predicted octanol–water partition coefficient (Wildman–Crippen LogP) is 2.83. The fourth-order valence-corrected chi connectivity index (χ4v) is 4.93. The minimum absolute atomic E-state index is 0.183. The molecule has 1 aromatic rings. The molecule has 1 fully saturated rings. The molecule has 1 atom stereocenters. The van der Waals surface area contributed by atoms with Crippen molar-refractivity contribution in [2.75, 3.05) is 25.4 Å². The van der Waals surface area contributed by atoms with Crippen LogP contribution in [-0.2, 0) is 10.0 Å². The molecule has 1 aliphatic heterocycles. The number of hydrogen-bond acceptors (Lipinski definition) is 3. The van der Waals surface area contributed by atoms with Crippen LogP contribution in [0.1, 0.15) is 45.1 Å². The minimum Gasteiger partial charge on any atom is -0.313 e. The van der Waals surface area contributed by atoms with Crippen molar-refractivity contribution < 1.29 is 8.42 Å². The average Bonchev–Trinajstić information content (AvgIpc) is 2.52. The van der Waals surface area contributed by atoms with E-state index in [2.05, 4.69) is 36.5 Å². The van der Waals surface area contributed by atoms with E-state index in [1.165, 1.54) is 5.56 Å². The summed E-state index contributed by atoms with van der Waals surface area (Å²) in [4.78, 5) is 0. The van der Waals surface area contributed by atoms with Crippen molar-refractivity contribution in [3.05, 3.63) is 35.9 Å². The molecule has 4 nitrogen and oxygen atoms in total. The average molecular weight is 339 g/mol. The lowest BCUT2D eigenvalue weighted by atomic mass is 10.00. The Balaban J connectivity index is 1.77. The smallest absolute Gasteiger partial charge is 0.214 e. The molecule has 0 bridgehead atoms. The van der Waals surface area contributed by atoms with Gasteiger partial charge in [-0.25, -0.2) is 12.7 Å². The molecular formula is C18H30N2O2S. The van der Waals surface area contributed by atoms with Crippen LogP contribution in [0.5, 0.6) is 0 Å². The van der Waals surface area contributed by atoms with Gasteiger partial charge in [0.1, 0.15) is 0 Å². The van der Waals surface area contributed by atoms with Crippen molar-refractivity contribution in [1.82, 2.24) is 9.62 Å². The van der Waals surface area contributed by atoms with Crippen LogP contribution in [0.15, 0.2) is 30.3 Å². The highest BCUT2D eigenvalue weighted by molar-refractivity contribution is 7.89. The molecule has 1 saturated heterocycles. The lowest BCUT2D eigenvalue weighted by molar-refractivity contribution is 0.286. The van der Waals surface area contributed by atoms with Crippen molar-refractivity contribution in [3.8, 4) is 0 Å². The van der Waals surface area contributed by atoms with Crippen LogP contribution in [0.2, 0.25) is 0 Å². The van der Waals surface area contributed by atoms with Gasteiger partial charge in [0.25, 0.3) is 0 Å². The normalized spacial score (nSPS) is 19.1. The lowest BCUT2D eigenvalue weighted by Gasteiger charge is -2.32. The Morgan fingerprint density at radius 1 is 1.13 bits per heavy atom. The number of nitrogens with one attached hydrogen (secondary N) is 1. The highest BCUT2D eigenvalue weighted by atomic mass is 32.2. The number of rotatable bonds is 7. The number of nitrogens with zero attached hydrogens (tertiary/aromatic N) is 1. The molecule has 0 saturated carbocycles. The summed E-state index contributed by atoms with van der Waals surface area (Å²) in [5.41, 5.74) is 1.34. The van der Waals surface area contributed by atoms with E-state index in [-0.39, 0.29) is 11.7 Å². The van der Waals surface area contributed by atoms with Crippen molar-refractivity contribution >= 4 is 10.0 Å². The second-order valence-electron chi connectivity index (χ2n) is 7.07. The van der Waals surface area contributed by atoms with Crippen LogP contribution in [0, 0.1) is 5.92 Å².